The molecule has 2 N–H and O–H groups in total. The SMILES string of the molecule is CCNC(=NCc1ccc(OC)cc1OC)NCCC(=O)N1CCc2sccc2C1. The van der Waals surface area contributed by atoms with E-state index in [1.54, 1.807) is 25.6 Å². The summed E-state index contributed by atoms with van der Waals surface area (Å²) in [4.78, 5) is 20.6. The molecular weight excluding hydrogens is 400 g/mol. The Hall–Kier alpha value is -2.74. The molecule has 1 aliphatic rings. The van der Waals surface area contributed by atoms with Gasteiger partial charge < -0.3 is 25.0 Å². The molecule has 0 saturated carbocycles. The van der Waals surface area contributed by atoms with Crippen molar-refractivity contribution in [1.82, 2.24) is 15.5 Å². The fraction of sp³-hybridized carbons (Fsp3) is 0.455. The van der Waals surface area contributed by atoms with Crippen molar-refractivity contribution in [3.05, 3.63) is 45.6 Å². The summed E-state index contributed by atoms with van der Waals surface area (Å²) < 4.78 is 10.7. The van der Waals surface area contributed by atoms with Crippen molar-refractivity contribution in [2.45, 2.75) is 32.9 Å². The molecule has 1 aliphatic heterocycles. The lowest BCUT2D eigenvalue weighted by molar-refractivity contribution is -0.131. The highest BCUT2D eigenvalue weighted by Gasteiger charge is 2.21. The number of fused-ring (bicyclic) bond motifs is 1. The monoisotopic (exact) mass is 430 g/mol. The topological polar surface area (TPSA) is 75.2 Å². The maximum atomic E-state index is 12.6. The predicted molar refractivity (Wildman–Crippen MR) is 120 cm³/mol. The first-order chi connectivity index (χ1) is 14.6. The standard InChI is InChI=1S/C22H30N4O3S/c1-4-23-22(25-14-16-5-6-18(28-2)13-19(16)29-3)24-10-7-21(27)26-11-8-20-17(15-26)9-12-30-20/h5-6,9,12-13H,4,7-8,10-11,14-15H2,1-3H3,(H2,23,24,25). The van der Waals surface area contributed by atoms with E-state index < -0.39 is 0 Å². The number of hydrogen-bond acceptors (Lipinski definition) is 5. The molecule has 0 fully saturated rings. The van der Waals surface area contributed by atoms with Crippen LogP contribution in [-0.4, -0.2) is 50.6 Å². The number of amides is 1. The number of ether oxygens (including phenoxy) is 2. The van der Waals surface area contributed by atoms with E-state index in [9.17, 15) is 4.79 Å². The van der Waals surface area contributed by atoms with Gasteiger partial charge in [-0.25, -0.2) is 4.99 Å². The van der Waals surface area contributed by atoms with E-state index >= 15 is 0 Å². The average molecular weight is 431 g/mol. The zero-order valence-electron chi connectivity index (χ0n) is 17.9. The van der Waals surface area contributed by atoms with Gasteiger partial charge in [-0.15, -0.1) is 11.3 Å². The first-order valence-electron chi connectivity index (χ1n) is 10.2. The fourth-order valence-electron chi connectivity index (χ4n) is 3.40. The second-order valence-corrected chi connectivity index (χ2v) is 7.98. The number of hydrogen-bond donors (Lipinski definition) is 2. The number of benzene rings is 1. The third kappa shape index (κ3) is 5.66. The highest BCUT2D eigenvalue weighted by molar-refractivity contribution is 7.10. The minimum absolute atomic E-state index is 0.173. The van der Waals surface area contributed by atoms with Crippen LogP contribution in [0.3, 0.4) is 0 Å². The van der Waals surface area contributed by atoms with Crippen molar-refractivity contribution >= 4 is 23.2 Å². The van der Waals surface area contributed by atoms with Crippen molar-refractivity contribution in [2.24, 2.45) is 4.99 Å². The van der Waals surface area contributed by atoms with Crippen LogP contribution in [0.4, 0.5) is 0 Å². The van der Waals surface area contributed by atoms with E-state index in [4.69, 9.17) is 9.47 Å². The molecular formula is C22H30N4O3S. The van der Waals surface area contributed by atoms with Gasteiger partial charge in [0, 0.05) is 49.1 Å². The van der Waals surface area contributed by atoms with Crippen LogP contribution in [0.5, 0.6) is 11.5 Å². The summed E-state index contributed by atoms with van der Waals surface area (Å²) in [6.45, 7) is 5.29. The number of thiophene rings is 1. The quantitative estimate of drug-likeness (QED) is 0.498. The zero-order chi connectivity index (χ0) is 21.3. The van der Waals surface area contributed by atoms with Gasteiger partial charge in [-0.1, -0.05) is 0 Å². The Balaban J connectivity index is 1.52. The van der Waals surface area contributed by atoms with Crippen LogP contribution in [0, 0.1) is 0 Å². The van der Waals surface area contributed by atoms with Crippen LogP contribution in [0.1, 0.15) is 29.3 Å². The largest absolute Gasteiger partial charge is 0.497 e. The Morgan fingerprint density at radius 3 is 2.87 bits per heavy atom. The summed E-state index contributed by atoms with van der Waals surface area (Å²) in [6.07, 6.45) is 1.40. The van der Waals surface area contributed by atoms with E-state index in [0.717, 1.165) is 43.1 Å². The minimum atomic E-state index is 0.173. The Morgan fingerprint density at radius 1 is 1.23 bits per heavy atom. The lowest BCUT2D eigenvalue weighted by atomic mass is 10.1. The summed E-state index contributed by atoms with van der Waals surface area (Å²) in [5.74, 6) is 2.34. The Kier molecular flexibility index (Phi) is 7.96. The van der Waals surface area contributed by atoms with Crippen molar-refractivity contribution in [3.63, 3.8) is 0 Å². The maximum Gasteiger partial charge on any atom is 0.224 e. The Morgan fingerprint density at radius 2 is 2.10 bits per heavy atom. The third-order valence-electron chi connectivity index (χ3n) is 5.04. The fourth-order valence-corrected chi connectivity index (χ4v) is 4.29. The van der Waals surface area contributed by atoms with Crippen LogP contribution in [0.25, 0.3) is 0 Å². The Bertz CT molecular complexity index is 881. The molecule has 2 heterocycles. The number of aliphatic imine (C=N–C) groups is 1. The molecule has 7 nitrogen and oxygen atoms in total. The number of carbonyl (C=O) groups is 1. The van der Waals surface area contributed by atoms with Gasteiger partial charge in [0.1, 0.15) is 11.5 Å². The van der Waals surface area contributed by atoms with Gasteiger partial charge in [0.2, 0.25) is 5.91 Å². The first kappa shape index (κ1) is 22.0. The first-order valence-corrected chi connectivity index (χ1v) is 11.1. The summed E-state index contributed by atoms with van der Waals surface area (Å²) in [5.41, 5.74) is 2.25. The lowest BCUT2D eigenvalue weighted by Crippen LogP contribution is -2.41. The molecule has 8 heteroatoms. The van der Waals surface area contributed by atoms with Gasteiger partial charge in [0.25, 0.3) is 0 Å². The number of rotatable bonds is 8. The van der Waals surface area contributed by atoms with Crippen molar-refractivity contribution in [2.75, 3.05) is 33.9 Å². The molecule has 30 heavy (non-hydrogen) atoms. The second kappa shape index (κ2) is 10.9. The van der Waals surface area contributed by atoms with Crippen molar-refractivity contribution < 1.29 is 14.3 Å². The van der Waals surface area contributed by atoms with Gasteiger partial charge in [0.05, 0.1) is 20.8 Å². The van der Waals surface area contributed by atoms with Gasteiger partial charge in [-0.3, -0.25) is 4.79 Å². The van der Waals surface area contributed by atoms with Crippen LogP contribution >= 0.6 is 11.3 Å². The molecule has 0 spiro atoms. The number of methoxy groups -OCH3 is 2. The summed E-state index contributed by atoms with van der Waals surface area (Å²) in [7, 11) is 3.26. The van der Waals surface area contributed by atoms with Gasteiger partial charge in [-0.2, -0.15) is 0 Å². The molecule has 1 amide bonds. The molecule has 0 bridgehead atoms. The highest BCUT2D eigenvalue weighted by atomic mass is 32.1. The highest BCUT2D eigenvalue weighted by Crippen LogP contribution is 2.25. The molecule has 2 aromatic rings. The molecule has 1 aromatic carbocycles. The number of nitrogens with zero attached hydrogens (tertiary/aromatic N) is 2. The van der Waals surface area contributed by atoms with Crippen molar-refractivity contribution in [1.29, 1.82) is 0 Å². The third-order valence-corrected chi connectivity index (χ3v) is 6.06. The summed E-state index contributed by atoms with van der Waals surface area (Å²) in [6, 6.07) is 7.82. The van der Waals surface area contributed by atoms with Gasteiger partial charge in [-0.05, 0) is 42.5 Å². The molecule has 162 valence electrons. The van der Waals surface area contributed by atoms with E-state index in [1.807, 2.05) is 30.0 Å². The maximum absolute atomic E-state index is 12.6. The van der Waals surface area contributed by atoms with E-state index in [-0.39, 0.29) is 5.91 Å². The van der Waals surface area contributed by atoms with Gasteiger partial charge in [0.15, 0.2) is 5.96 Å². The van der Waals surface area contributed by atoms with E-state index in [2.05, 4.69) is 27.1 Å². The normalized spacial score (nSPS) is 13.6. The molecule has 0 saturated heterocycles. The molecule has 0 aliphatic carbocycles. The molecule has 1 aromatic heterocycles. The number of nitrogens with one attached hydrogen (secondary N) is 2. The molecule has 0 atom stereocenters. The summed E-state index contributed by atoms with van der Waals surface area (Å²) >= 11 is 1.78. The van der Waals surface area contributed by atoms with Crippen molar-refractivity contribution in [3.8, 4) is 11.5 Å². The second-order valence-electron chi connectivity index (χ2n) is 6.98. The zero-order valence-corrected chi connectivity index (χ0v) is 18.7. The van der Waals surface area contributed by atoms with Crippen LogP contribution in [0.15, 0.2) is 34.6 Å². The van der Waals surface area contributed by atoms with E-state index in [0.29, 0.717) is 25.5 Å². The van der Waals surface area contributed by atoms with Crippen LogP contribution < -0.4 is 20.1 Å². The number of guanidine groups is 1. The predicted octanol–water partition coefficient (Wildman–Crippen LogP) is 2.80. The van der Waals surface area contributed by atoms with Crippen LogP contribution in [0.2, 0.25) is 0 Å². The summed E-state index contributed by atoms with van der Waals surface area (Å²) in [5, 5.41) is 8.60. The average Bonchev–Trinajstić information content (AvgIpc) is 3.25. The molecule has 0 radical (unpaired) electrons. The Labute approximate surface area is 182 Å². The smallest absolute Gasteiger partial charge is 0.224 e. The van der Waals surface area contributed by atoms with Crippen LogP contribution in [-0.2, 0) is 24.3 Å². The van der Waals surface area contributed by atoms with E-state index in [1.165, 1.54) is 10.4 Å². The molecule has 3 rings (SSSR count). The lowest BCUT2D eigenvalue weighted by Gasteiger charge is -2.27. The number of carbonyl (C=O) groups excluding carboxylic acids is 1. The molecule has 0 unspecified atom stereocenters. The minimum Gasteiger partial charge on any atom is -0.497 e. The van der Waals surface area contributed by atoms with Gasteiger partial charge >= 0.3 is 0 Å².